The van der Waals surface area contributed by atoms with Crippen LogP contribution in [0.15, 0.2) is 30.3 Å². The topological polar surface area (TPSA) is 15.3 Å². The van der Waals surface area contributed by atoms with E-state index in [0.29, 0.717) is 0 Å². The third-order valence-electron chi connectivity index (χ3n) is 3.17. The predicted octanol–water partition coefficient (Wildman–Crippen LogP) is 3.29. The molecule has 2 nitrogen and oxygen atoms in total. The van der Waals surface area contributed by atoms with Crippen molar-refractivity contribution >= 4 is 0 Å². The molecule has 18 heavy (non-hydrogen) atoms. The van der Waals surface area contributed by atoms with Gasteiger partial charge in [0.2, 0.25) is 0 Å². The van der Waals surface area contributed by atoms with Crippen molar-refractivity contribution < 1.29 is 0 Å². The Bertz CT molecular complexity index is 284. The van der Waals surface area contributed by atoms with E-state index in [1.54, 1.807) is 0 Å². The van der Waals surface area contributed by atoms with Crippen molar-refractivity contribution in [3.8, 4) is 0 Å². The lowest BCUT2D eigenvalue weighted by Gasteiger charge is -2.17. The molecule has 1 rings (SSSR count). The fraction of sp³-hybridized carbons (Fsp3) is 0.625. The van der Waals surface area contributed by atoms with E-state index in [9.17, 15) is 0 Å². The van der Waals surface area contributed by atoms with Crippen molar-refractivity contribution in [2.75, 3.05) is 26.7 Å². The van der Waals surface area contributed by atoms with Crippen LogP contribution < -0.4 is 5.32 Å². The number of hydrogen-bond acceptors (Lipinski definition) is 2. The van der Waals surface area contributed by atoms with Crippen LogP contribution in [0.1, 0.15) is 38.2 Å². The first-order chi connectivity index (χ1) is 8.83. The van der Waals surface area contributed by atoms with Crippen LogP contribution >= 0.6 is 0 Å². The van der Waals surface area contributed by atoms with Crippen LogP contribution in [0, 0.1) is 0 Å². The molecule has 0 aliphatic carbocycles. The molecule has 0 fully saturated rings. The monoisotopic (exact) mass is 248 g/mol. The molecule has 1 aromatic carbocycles. The first-order valence-electron chi connectivity index (χ1n) is 7.26. The van der Waals surface area contributed by atoms with Gasteiger partial charge in [-0.1, -0.05) is 56.5 Å². The molecule has 0 aliphatic rings. The van der Waals surface area contributed by atoms with E-state index in [2.05, 4.69) is 54.5 Å². The van der Waals surface area contributed by atoms with Gasteiger partial charge in [-0.05, 0) is 25.6 Å². The normalized spacial score (nSPS) is 11.1. The van der Waals surface area contributed by atoms with Crippen LogP contribution in [0.4, 0.5) is 0 Å². The highest BCUT2D eigenvalue weighted by Gasteiger charge is 1.98. The summed E-state index contributed by atoms with van der Waals surface area (Å²) in [4.78, 5) is 2.37. The van der Waals surface area contributed by atoms with Gasteiger partial charge in [0, 0.05) is 19.6 Å². The highest BCUT2D eigenvalue weighted by Crippen LogP contribution is 2.01. The summed E-state index contributed by atoms with van der Waals surface area (Å²) >= 11 is 0. The zero-order valence-electron chi connectivity index (χ0n) is 12.0. The van der Waals surface area contributed by atoms with Gasteiger partial charge in [0.05, 0.1) is 0 Å². The molecule has 1 N–H and O–H groups in total. The average Bonchev–Trinajstić information content (AvgIpc) is 2.39. The van der Waals surface area contributed by atoms with E-state index in [0.717, 1.165) is 19.6 Å². The highest BCUT2D eigenvalue weighted by atomic mass is 15.1. The first kappa shape index (κ1) is 15.2. The zero-order chi connectivity index (χ0) is 13.1. The van der Waals surface area contributed by atoms with E-state index in [1.165, 1.54) is 37.8 Å². The molecule has 0 aromatic heterocycles. The fourth-order valence-electron chi connectivity index (χ4n) is 2.05. The number of nitrogens with zero attached hydrogens (tertiary/aromatic N) is 1. The largest absolute Gasteiger partial charge is 0.315 e. The van der Waals surface area contributed by atoms with Crippen LogP contribution in [0.2, 0.25) is 0 Å². The standard InChI is InChI=1S/C16H28N2/c1-3-4-5-9-12-17-13-14-18(2)15-16-10-7-6-8-11-16/h6-8,10-11,17H,3-5,9,12-15H2,1-2H3. The van der Waals surface area contributed by atoms with E-state index in [4.69, 9.17) is 0 Å². The minimum atomic E-state index is 1.04. The molecule has 0 spiro atoms. The van der Waals surface area contributed by atoms with Gasteiger partial charge in [0.15, 0.2) is 0 Å². The summed E-state index contributed by atoms with van der Waals surface area (Å²) in [5.74, 6) is 0. The number of likely N-dealkylation sites (N-methyl/N-ethyl adjacent to an activating group) is 1. The van der Waals surface area contributed by atoms with Crippen molar-refractivity contribution in [3.05, 3.63) is 35.9 Å². The maximum atomic E-state index is 3.52. The van der Waals surface area contributed by atoms with Crippen molar-refractivity contribution in [1.82, 2.24) is 10.2 Å². The van der Waals surface area contributed by atoms with Gasteiger partial charge in [-0.2, -0.15) is 0 Å². The molecule has 0 amide bonds. The SMILES string of the molecule is CCCCCCNCCN(C)Cc1ccccc1. The Kier molecular flexibility index (Phi) is 8.53. The zero-order valence-corrected chi connectivity index (χ0v) is 12.0. The minimum absolute atomic E-state index is 1.04. The van der Waals surface area contributed by atoms with Gasteiger partial charge in [0.1, 0.15) is 0 Å². The Labute approximate surface area is 112 Å². The minimum Gasteiger partial charge on any atom is -0.315 e. The smallest absolute Gasteiger partial charge is 0.0231 e. The van der Waals surface area contributed by atoms with E-state index >= 15 is 0 Å². The Morgan fingerprint density at radius 2 is 1.78 bits per heavy atom. The molecule has 0 heterocycles. The van der Waals surface area contributed by atoms with Gasteiger partial charge >= 0.3 is 0 Å². The van der Waals surface area contributed by atoms with Crippen molar-refractivity contribution in [2.45, 2.75) is 39.2 Å². The number of hydrogen-bond donors (Lipinski definition) is 1. The second kappa shape index (κ2) is 10.1. The van der Waals surface area contributed by atoms with Crippen molar-refractivity contribution in [1.29, 1.82) is 0 Å². The van der Waals surface area contributed by atoms with Gasteiger partial charge in [-0.25, -0.2) is 0 Å². The lowest BCUT2D eigenvalue weighted by molar-refractivity contribution is 0.324. The molecule has 0 saturated carbocycles. The highest BCUT2D eigenvalue weighted by molar-refractivity contribution is 5.14. The number of rotatable bonds is 10. The molecule has 0 unspecified atom stereocenters. The van der Waals surface area contributed by atoms with E-state index < -0.39 is 0 Å². The van der Waals surface area contributed by atoms with Gasteiger partial charge in [-0.3, -0.25) is 0 Å². The van der Waals surface area contributed by atoms with Crippen LogP contribution in [0.5, 0.6) is 0 Å². The van der Waals surface area contributed by atoms with E-state index in [1.807, 2.05) is 0 Å². The molecule has 0 aliphatic heterocycles. The van der Waals surface area contributed by atoms with Crippen LogP contribution in [-0.2, 0) is 6.54 Å². The molecule has 102 valence electrons. The Balaban J connectivity index is 1.99. The average molecular weight is 248 g/mol. The summed E-state index contributed by atoms with van der Waals surface area (Å²) in [6.07, 6.45) is 5.37. The van der Waals surface area contributed by atoms with Crippen LogP contribution in [0.3, 0.4) is 0 Å². The van der Waals surface area contributed by atoms with Crippen LogP contribution in [-0.4, -0.2) is 31.6 Å². The quantitative estimate of drug-likeness (QED) is 0.639. The van der Waals surface area contributed by atoms with Crippen molar-refractivity contribution in [3.63, 3.8) is 0 Å². The van der Waals surface area contributed by atoms with E-state index in [-0.39, 0.29) is 0 Å². The first-order valence-corrected chi connectivity index (χ1v) is 7.26. The summed E-state index contributed by atoms with van der Waals surface area (Å²) in [7, 11) is 2.19. The van der Waals surface area contributed by atoms with Gasteiger partial charge < -0.3 is 10.2 Å². The summed E-state index contributed by atoms with van der Waals surface area (Å²) in [6.45, 7) is 6.67. The summed E-state index contributed by atoms with van der Waals surface area (Å²) in [5.41, 5.74) is 1.39. The second-order valence-electron chi connectivity index (χ2n) is 5.03. The third-order valence-corrected chi connectivity index (χ3v) is 3.17. The number of nitrogens with one attached hydrogen (secondary N) is 1. The molecule has 0 radical (unpaired) electrons. The lowest BCUT2D eigenvalue weighted by Crippen LogP contribution is -2.29. The van der Waals surface area contributed by atoms with Gasteiger partial charge in [0.25, 0.3) is 0 Å². The molecular formula is C16H28N2. The maximum absolute atomic E-state index is 3.52. The van der Waals surface area contributed by atoms with Crippen molar-refractivity contribution in [2.24, 2.45) is 0 Å². The number of benzene rings is 1. The molecule has 2 heteroatoms. The van der Waals surface area contributed by atoms with Crippen LogP contribution in [0.25, 0.3) is 0 Å². The Morgan fingerprint density at radius 3 is 2.50 bits per heavy atom. The lowest BCUT2D eigenvalue weighted by atomic mass is 10.2. The summed E-state index contributed by atoms with van der Waals surface area (Å²) < 4.78 is 0. The molecule has 0 saturated heterocycles. The Morgan fingerprint density at radius 1 is 1.00 bits per heavy atom. The third kappa shape index (κ3) is 7.46. The summed E-state index contributed by atoms with van der Waals surface area (Å²) in [5, 5.41) is 3.52. The number of unbranched alkanes of at least 4 members (excludes halogenated alkanes) is 3. The molecular weight excluding hydrogens is 220 g/mol. The Hall–Kier alpha value is -0.860. The molecule has 0 atom stereocenters. The predicted molar refractivity (Wildman–Crippen MR) is 79.8 cm³/mol. The summed E-state index contributed by atoms with van der Waals surface area (Å²) in [6, 6.07) is 10.7. The fourth-order valence-corrected chi connectivity index (χ4v) is 2.05. The second-order valence-corrected chi connectivity index (χ2v) is 5.03. The molecule has 0 bridgehead atoms. The maximum Gasteiger partial charge on any atom is 0.0231 e. The molecule has 1 aromatic rings. The van der Waals surface area contributed by atoms with Gasteiger partial charge in [-0.15, -0.1) is 0 Å².